The minimum Gasteiger partial charge on any atom is -0.319 e. The van der Waals surface area contributed by atoms with Crippen LogP contribution in [-0.4, -0.2) is 23.3 Å². The summed E-state index contributed by atoms with van der Waals surface area (Å²) in [5.74, 6) is -0.703. The van der Waals surface area contributed by atoms with Crippen LogP contribution in [0.2, 0.25) is 0 Å². The van der Waals surface area contributed by atoms with Crippen LogP contribution in [0.4, 0.5) is 11.4 Å². The number of aromatic nitrogens is 1. The maximum Gasteiger partial charge on any atom is 0.276 e. The van der Waals surface area contributed by atoms with E-state index in [0.29, 0.717) is 17.8 Å². The third kappa shape index (κ3) is 3.71. The minimum absolute atomic E-state index is 0.119. The second-order valence-corrected chi connectivity index (χ2v) is 6.71. The van der Waals surface area contributed by atoms with E-state index in [1.807, 2.05) is 30.3 Å². The lowest BCUT2D eigenvalue weighted by Crippen LogP contribution is -2.36. The molecule has 1 aromatic heterocycles. The van der Waals surface area contributed by atoms with Crippen molar-refractivity contribution < 1.29 is 9.59 Å². The highest BCUT2D eigenvalue weighted by Crippen LogP contribution is 2.27. The zero-order valence-electron chi connectivity index (χ0n) is 15.6. The molecule has 3 aromatic rings. The van der Waals surface area contributed by atoms with Crippen LogP contribution in [0.1, 0.15) is 38.5 Å². The molecule has 6 nitrogen and oxygen atoms in total. The van der Waals surface area contributed by atoms with E-state index in [0.717, 1.165) is 24.1 Å². The van der Waals surface area contributed by atoms with Gasteiger partial charge in [0, 0.05) is 12.2 Å². The van der Waals surface area contributed by atoms with Gasteiger partial charge in [-0.25, -0.2) is 4.98 Å². The molecule has 1 N–H and O–H groups in total. The Morgan fingerprint density at radius 2 is 1.72 bits per heavy atom. The number of benzene rings is 2. The fraction of sp³-hybridized carbons (Fsp3) is 0.130. The fourth-order valence-corrected chi connectivity index (χ4v) is 3.44. The van der Waals surface area contributed by atoms with Gasteiger partial charge in [-0.3, -0.25) is 9.59 Å². The van der Waals surface area contributed by atoms with E-state index in [1.54, 1.807) is 47.4 Å². The Balaban J connectivity index is 1.59. The van der Waals surface area contributed by atoms with Gasteiger partial charge in [0.1, 0.15) is 17.5 Å². The van der Waals surface area contributed by atoms with Crippen LogP contribution in [0.3, 0.4) is 0 Å². The van der Waals surface area contributed by atoms with Gasteiger partial charge in [-0.2, -0.15) is 5.26 Å². The highest BCUT2D eigenvalue weighted by Gasteiger charge is 2.24. The van der Waals surface area contributed by atoms with Crippen LogP contribution in [0.5, 0.6) is 0 Å². The summed E-state index contributed by atoms with van der Waals surface area (Å²) < 4.78 is 0. The fourth-order valence-electron chi connectivity index (χ4n) is 3.44. The predicted octanol–water partition coefficient (Wildman–Crippen LogP) is 3.80. The summed E-state index contributed by atoms with van der Waals surface area (Å²) in [6.45, 7) is 0.615. The number of anilines is 2. The number of pyridine rings is 1. The van der Waals surface area contributed by atoms with Crippen molar-refractivity contribution >= 4 is 23.2 Å². The van der Waals surface area contributed by atoms with Crippen LogP contribution < -0.4 is 10.2 Å². The number of hydrogen-bond acceptors (Lipinski definition) is 4. The largest absolute Gasteiger partial charge is 0.319 e. The number of amides is 2. The highest BCUT2D eigenvalue weighted by atomic mass is 16.2. The number of carbonyl (C=O) groups excluding carboxylic acids is 2. The molecule has 4 rings (SSSR count). The van der Waals surface area contributed by atoms with Crippen LogP contribution in [-0.2, 0) is 6.42 Å². The molecule has 0 unspecified atom stereocenters. The number of rotatable bonds is 3. The smallest absolute Gasteiger partial charge is 0.276 e. The number of hydrogen-bond donors (Lipinski definition) is 1. The number of fused-ring (bicyclic) bond motifs is 1. The van der Waals surface area contributed by atoms with E-state index >= 15 is 0 Å². The molecule has 1 aliphatic rings. The van der Waals surface area contributed by atoms with Crippen molar-refractivity contribution in [1.29, 1.82) is 5.26 Å². The third-order valence-electron chi connectivity index (χ3n) is 4.85. The topological polar surface area (TPSA) is 86.1 Å². The summed E-state index contributed by atoms with van der Waals surface area (Å²) in [7, 11) is 0. The summed E-state index contributed by atoms with van der Waals surface area (Å²) in [6, 6.07) is 21.4. The van der Waals surface area contributed by atoms with Gasteiger partial charge in [0.2, 0.25) is 0 Å². The second-order valence-electron chi connectivity index (χ2n) is 6.71. The van der Waals surface area contributed by atoms with E-state index in [-0.39, 0.29) is 17.3 Å². The Kier molecular flexibility index (Phi) is 5.04. The van der Waals surface area contributed by atoms with E-state index < -0.39 is 5.91 Å². The lowest BCUT2D eigenvalue weighted by molar-refractivity contribution is 0.0980. The second kappa shape index (κ2) is 7.95. The summed E-state index contributed by atoms with van der Waals surface area (Å²) in [5.41, 5.74) is 3.12. The van der Waals surface area contributed by atoms with Crippen LogP contribution in [0.15, 0.2) is 66.7 Å². The number of nitrogens with zero attached hydrogens (tertiary/aromatic N) is 3. The Bertz CT molecular complexity index is 1130. The van der Waals surface area contributed by atoms with E-state index in [1.165, 1.54) is 0 Å². The van der Waals surface area contributed by atoms with Gasteiger partial charge in [0.05, 0.1) is 11.3 Å². The third-order valence-corrected chi connectivity index (χ3v) is 4.85. The molecule has 29 heavy (non-hydrogen) atoms. The highest BCUT2D eigenvalue weighted by molar-refractivity contribution is 6.07. The monoisotopic (exact) mass is 382 g/mol. The van der Waals surface area contributed by atoms with Gasteiger partial charge in [-0.1, -0.05) is 36.4 Å². The molecule has 1 aliphatic heterocycles. The van der Waals surface area contributed by atoms with Crippen molar-refractivity contribution in [2.45, 2.75) is 12.8 Å². The molecule has 0 atom stereocenters. The number of aryl methyl sites for hydroxylation is 1. The average molecular weight is 382 g/mol. The summed E-state index contributed by atoms with van der Waals surface area (Å²) in [4.78, 5) is 31.7. The number of para-hydroxylation sites is 2. The normalized spacial score (nSPS) is 12.6. The SMILES string of the molecule is N#Cc1ccccc1NC(=O)c1cccc(C(=O)N2CCCc3ccccc32)n1. The Morgan fingerprint density at radius 3 is 2.59 bits per heavy atom. The van der Waals surface area contributed by atoms with Crippen LogP contribution in [0.25, 0.3) is 0 Å². The quantitative estimate of drug-likeness (QED) is 0.746. The Labute approximate surface area is 168 Å². The van der Waals surface area contributed by atoms with E-state index in [2.05, 4.69) is 10.3 Å². The molecule has 0 saturated carbocycles. The molecule has 142 valence electrons. The number of carbonyl (C=O) groups is 2. The van der Waals surface area contributed by atoms with Gasteiger partial charge in [0.25, 0.3) is 11.8 Å². The van der Waals surface area contributed by atoms with Gasteiger partial charge in [-0.05, 0) is 48.7 Å². The Hall–Kier alpha value is -3.98. The van der Waals surface area contributed by atoms with Crippen molar-refractivity contribution in [2.24, 2.45) is 0 Å². The number of nitriles is 1. The first kappa shape index (κ1) is 18.4. The minimum atomic E-state index is -0.471. The van der Waals surface area contributed by atoms with Gasteiger partial charge < -0.3 is 10.2 Å². The molecule has 0 spiro atoms. The van der Waals surface area contributed by atoms with Crippen molar-refractivity contribution in [3.8, 4) is 6.07 Å². The van der Waals surface area contributed by atoms with E-state index in [9.17, 15) is 14.9 Å². The summed E-state index contributed by atoms with van der Waals surface area (Å²) in [5, 5.41) is 11.9. The zero-order valence-corrected chi connectivity index (χ0v) is 15.6. The maximum absolute atomic E-state index is 13.1. The molecule has 0 radical (unpaired) electrons. The molecular weight excluding hydrogens is 364 g/mol. The summed E-state index contributed by atoms with van der Waals surface area (Å²) >= 11 is 0. The van der Waals surface area contributed by atoms with Crippen LogP contribution in [0, 0.1) is 11.3 Å². The summed E-state index contributed by atoms with van der Waals surface area (Å²) in [6.07, 6.45) is 1.82. The Morgan fingerprint density at radius 1 is 0.966 bits per heavy atom. The first-order chi connectivity index (χ1) is 14.2. The molecule has 0 bridgehead atoms. The standard InChI is InChI=1S/C23H18N4O2/c24-15-17-8-1-3-10-18(17)26-22(28)19-11-5-12-20(25-19)23(29)27-14-6-9-16-7-2-4-13-21(16)27/h1-5,7-8,10-13H,6,9,14H2,(H,26,28). The van der Waals surface area contributed by atoms with Crippen LogP contribution >= 0.6 is 0 Å². The number of nitrogens with one attached hydrogen (secondary N) is 1. The molecule has 0 aliphatic carbocycles. The lowest BCUT2D eigenvalue weighted by Gasteiger charge is -2.29. The van der Waals surface area contributed by atoms with Gasteiger partial charge in [0.15, 0.2) is 0 Å². The van der Waals surface area contributed by atoms with Gasteiger partial charge >= 0.3 is 0 Å². The van der Waals surface area contributed by atoms with Crippen molar-refractivity contribution in [3.05, 3.63) is 89.2 Å². The molecule has 2 amide bonds. The van der Waals surface area contributed by atoms with Crippen molar-refractivity contribution in [3.63, 3.8) is 0 Å². The lowest BCUT2D eigenvalue weighted by atomic mass is 10.0. The molecule has 6 heteroatoms. The molecule has 0 fully saturated rings. The van der Waals surface area contributed by atoms with E-state index in [4.69, 9.17) is 0 Å². The molecule has 2 aromatic carbocycles. The predicted molar refractivity (Wildman–Crippen MR) is 110 cm³/mol. The zero-order chi connectivity index (χ0) is 20.2. The molecule has 0 saturated heterocycles. The van der Waals surface area contributed by atoms with Crippen molar-refractivity contribution in [2.75, 3.05) is 16.8 Å². The first-order valence-electron chi connectivity index (χ1n) is 9.34. The maximum atomic E-state index is 13.1. The first-order valence-corrected chi connectivity index (χ1v) is 9.34. The van der Waals surface area contributed by atoms with Crippen molar-refractivity contribution in [1.82, 2.24) is 4.98 Å². The average Bonchev–Trinajstić information content (AvgIpc) is 2.78. The molecule has 2 heterocycles. The molecular formula is C23H18N4O2. The van der Waals surface area contributed by atoms with Gasteiger partial charge in [-0.15, -0.1) is 0 Å².